The lowest BCUT2D eigenvalue weighted by Crippen LogP contribution is -2.17. The maximum Gasteiger partial charge on any atom is 0.338 e. The van der Waals surface area contributed by atoms with E-state index in [-0.39, 0.29) is 13.0 Å². The van der Waals surface area contributed by atoms with Gasteiger partial charge in [-0.2, -0.15) is 0 Å². The number of aromatic carboxylic acids is 3. The van der Waals surface area contributed by atoms with Gasteiger partial charge in [-0.25, -0.2) is 18.8 Å². The van der Waals surface area contributed by atoms with Crippen LogP contribution in [-0.2, 0) is 0 Å². The van der Waals surface area contributed by atoms with Crippen LogP contribution in [0.4, 0.5) is 38.5 Å². The van der Waals surface area contributed by atoms with Crippen molar-refractivity contribution in [3.8, 4) is 17.2 Å². The number of nitrogens with zero attached hydrogens (tertiary/aromatic N) is 3. The molecular weight excluding hydrogens is 1010 g/mol. The van der Waals surface area contributed by atoms with Gasteiger partial charge in [0.05, 0.1) is 36.5 Å². The van der Waals surface area contributed by atoms with Gasteiger partial charge in [-0.1, -0.05) is 62.8 Å². The lowest BCUT2D eigenvalue weighted by atomic mass is 10.0. The molecule has 0 unspecified atom stereocenters. The highest BCUT2D eigenvalue weighted by atomic mass is 19.1. The Kier molecular flexibility index (Phi) is 23.4. The van der Waals surface area contributed by atoms with Crippen molar-refractivity contribution in [2.24, 2.45) is 17.8 Å². The summed E-state index contributed by atoms with van der Waals surface area (Å²) in [5.41, 5.74) is 9.49. The third-order valence-electron chi connectivity index (χ3n) is 14.0. The van der Waals surface area contributed by atoms with Crippen LogP contribution < -0.4 is 28.9 Å². The van der Waals surface area contributed by atoms with Crippen molar-refractivity contribution < 1.29 is 48.3 Å². The SMILES string of the molecule is C.CCN(c1ccc(C(=O)O)c(F)c1)c1ccc(OCC2CC2)c(C(C)C)c1.CCN(c1ccc(C(=O)O)cc1)c1ccc(OCC(C)C)c(C(C)C)c1.CCN(c1ccc(C(=O)O)cc1)c1ccc(OCC2CC2)c(C(C)C)c1. The predicted molar refractivity (Wildman–Crippen MR) is 323 cm³/mol. The second-order valence-electron chi connectivity index (χ2n) is 21.8. The number of anilines is 6. The van der Waals surface area contributed by atoms with E-state index in [1.807, 2.05) is 54.3 Å². The largest absolute Gasteiger partial charge is 0.493 e. The van der Waals surface area contributed by atoms with E-state index in [9.17, 15) is 18.8 Å². The standard InChI is InChI=1S/C22H26FNO3.C22H27NO3.C22H29NO3.CH4/c1-4-24(17-7-9-18(22(25)26)20(23)12-17)16-8-10-21(19(11-16)14(2)3)27-13-15-5-6-15;1-4-23(18-9-7-17(8-10-18)22(24)25)19-11-12-21(20(13-19)15(2)3)26-14-16-5-6-16;1-6-23(18-9-7-17(8-10-18)22(24)25)19-11-12-21(26-14-15(2)3)20(13-19)16(4)5;/h7-12,14-15H,4-6,13H2,1-3H3,(H,25,26);7-13,15-16H,4-6,14H2,1-3H3,(H,24,25);7-13,15-16H,6,14H2,1-5H3,(H,24,25);1H4. The van der Waals surface area contributed by atoms with Crippen LogP contribution in [0.5, 0.6) is 17.2 Å². The highest BCUT2D eigenvalue weighted by Gasteiger charge is 2.25. The number of ether oxygens (including phenoxy) is 3. The van der Waals surface area contributed by atoms with E-state index >= 15 is 0 Å². The van der Waals surface area contributed by atoms with Crippen LogP contribution in [0.2, 0.25) is 0 Å². The van der Waals surface area contributed by atoms with Crippen LogP contribution >= 0.6 is 0 Å². The van der Waals surface area contributed by atoms with Gasteiger partial charge in [0.15, 0.2) is 0 Å². The number of carbonyl (C=O) groups is 3. The summed E-state index contributed by atoms with van der Waals surface area (Å²) in [6.07, 6.45) is 5.06. The highest BCUT2D eigenvalue weighted by molar-refractivity contribution is 5.89. The summed E-state index contributed by atoms with van der Waals surface area (Å²) in [4.78, 5) is 39.5. The van der Waals surface area contributed by atoms with E-state index in [4.69, 9.17) is 29.5 Å². The number of carboxylic acids is 3. The molecule has 6 aromatic rings. The predicted octanol–water partition coefficient (Wildman–Crippen LogP) is 17.4. The molecule has 8 rings (SSSR count). The monoisotopic (exact) mass is 1100 g/mol. The average molecular weight is 1100 g/mol. The Hall–Kier alpha value is -7.54. The Morgan fingerprint density at radius 3 is 1.06 bits per heavy atom. The smallest absolute Gasteiger partial charge is 0.338 e. The number of hydrogen-bond acceptors (Lipinski definition) is 9. The Balaban J connectivity index is 0.000000219. The van der Waals surface area contributed by atoms with E-state index in [1.165, 1.54) is 48.9 Å². The number of benzene rings is 6. The van der Waals surface area contributed by atoms with Crippen molar-refractivity contribution in [1.82, 2.24) is 0 Å². The Bertz CT molecular complexity index is 2840. The molecule has 2 aliphatic carbocycles. The summed E-state index contributed by atoms with van der Waals surface area (Å²) in [5, 5.41) is 27.2. The summed E-state index contributed by atoms with van der Waals surface area (Å²) in [7, 11) is 0. The Labute approximate surface area is 475 Å². The molecule has 0 bridgehead atoms. The number of rotatable bonds is 24. The van der Waals surface area contributed by atoms with Gasteiger partial charge in [-0.05, 0) is 220 Å². The second kappa shape index (κ2) is 29.6. The summed E-state index contributed by atoms with van der Waals surface area (Å²) >= 11 is 0. The van der Waals surface area contributed by atoms with E-state index in [0.717, 1.165) is 83.5 Å². The number of hydrogen-bond donors (Lipinski definition) is 3. The molecular formula is C67H86FN3O9. The fraction of sp³-hybridized carbons (Fsp3) is 0.418. The molecule has 0 heterocycles. The van der Waals surface area contributed by atoms with Crippen LogP contribution in [0, 0.1) is 23.6 Å². The topological polar surface area (TPSA) is 149 Å². The maximum atomic E-state index is 14.1. The van der Waals surface area contributed by atoms with Crippen molar-refractivity contribution in [3.63, 3.8) is 0 Å². The van der Waals surface area contributed by atoms with E-state index in [2.05, 4.69) is 115 Å². The van der Waals surface area contributed by atoms with Crippen LogP contribution in [0.1, 0.15) is 175 Å². The molecule has 0 amide bonds. The zero-order chi connectivity index (χ0) is 57.5. The molecule has 2 fully saturated rings. The van der Waals surface area contributed by atoms with Gasteiger partial charge in [0, 0.05) is 53.8 Å². The molecule has 12 nitrogen and oxygen atoms in total. The van der Waals surface area contributed by atoms with E-state index in [0.29, 0.717) is 59.6 Å². The van der Waals surface area contributed by atoms with Crippen LogP contribution in [0.3, 0.4) is 0 Å². The minimum absolute atomic E-state index is 0. The molecule has 6 aromatic carbocycles. The van der Waals surface area contributed by atoms with Gasteiger partial charge in [-0.3, -0.25) is 0 Å². The number of halogens is 1. The van der Waals surface area contributed by atoms with Crippen molar-refractivity contribution in [2.75, 3.05) is 54.2 Å². The first-order valence-electron chi connectivity index (χ1n) is 28.0. The average Bonchev–Trinajstić information content (AvgIpc) is 4.40. The summed E-state index contributed by atoms with van der Waals surface area (Å²) in [6.45, 7) is 27.9. The Morgan fingerprint density at radius 1 is 0.463 bits per heavy atom. The minimum Gasteiger partial charge on any atom is -0.493 e. The van der Waals surface area contributed by atoms with Crippen molar-refractivity contribution in [2.45, 2.75) is 127 Å². The first kappa shape index (κ1) is 63.3. The fourth-order valence-electron chi connectivity index (χ4n) is 9.06. The van der Waals surface area contributed by atoms with Gasteiger partial charge < -0.3 is 44.2 Å². The van der Waals surface area contributed by atoms with Crippen LogP contribution in [-0.4, -0.2) is 72.7 Å². The first-order valence-corrected chi connectivity index (χ1v) is 28.0. The number of carboxylic acid groups (broad SMARTS) is 3. The molecule has 0 aromatic heterocycles. The molecule has 0 radical (unpaired) electrons. The normalized spacial score (nSPS) is 12.7. The zero-order valence-electron chi connectivity index (χ0n) is 48.1. The van der Waals surface area contributed by atoms with Crippen LogP contribution in [0.15, 0.2) is 121 Å². The van der Waals surface area contributed by atoms with Crippen molar-refractivity contribution >= 4 is 52.0 Å². The van der Waals surface area contributed by atoms with E-state index < -0.39 is 23.7 Å². The third-order valence-corrected chi connectivity index (χ3v) is 14.0. The minimum atomic E-state index is -1.26. The molecule has 3 N–H and O–H groups in total. The Morgan fingerprint density at radius 2 is 0.775 bits per heavy atom. The van der Waals surface area contributed by atoms with Gasteiger partial charge >= 0.3 is 17.9 Å². The fourth-order valence-corrected chi connectivity index (χ4v) is 9.06. The molecule has 0 saturated heterocycles. The molecule has 0 atom stereocenters. The molecule has 0 aliphatic heterocycles. The molecule has 430 valence electrons. The van der Waals surface area contributed by atoms with Crippen LogP contribution in [0.25, 0.3) is 0 Å². The van der Waals surface area contributed by atoms with E-state index in [1.54, 1.807) is 30.3 Å². The molecule has 2 saturated carbocycles. The highest BCUT2D eigenvalue weighted by Crippen LogP contribution is 2.39. The summed E-state index contributed by atoms with van der Waals surface area (Å²) < 4.78 is 32.2. The molecule has 0 spiro atoms. The summed E-state index contributed by atoms with van der Waals surface area (Å²) in [5.74, 6) is 1.94. The lowest BCUT2D eigenvalue weighted by Gasteiger charge is -2.25. The second-order valence-corrected chi connectivity index (χ2v) is 21.8. The van der Waals surface area contributed by atoms with Gasteiger partial charge in [0.2, 0.25) is 0 Å². The molecule has 13 heteroatoms. The lowest BCUT2D eigenvalue weighted by molar-refractivity contribution is 0.0682. The zero-order valence-corrected chi connectivity index (χ0v) is 48.1. The quantitative estimate of drug-likeness (QED) is 0.0530. The van der Waals surface area contributed by atoms with Gasteiger partial charge in [-0.15, -0.1) is 0 Å². The third kappa shape index (κ3) is 17.5. The molecule has 80 heavy (non-hydrogen) atoms. The molecule has 2 aliphatic rings. The van der Waals surface area contributed by atoms with Gasteiger partial charge in [0.25, 0.3) is 0 Å². The summed E-state index contributed by atoms with van der Waals surface area (Å²) in [6, 6.07) is 36.9. The first-order chi connectivity index (χ1) is 37.7. The van der Waals surface area contributed by atoms with Gasteiger partial charge in [0.1, 0.15) is 23.1 Å². The van der Waals surface area contributed by atoms with Crippen molar-refractivity contribution in [3.05, 3.63) is 161 Å². The van der Waals surface area contributed by atoms with Crippen molar-refractivity contribution in [1.29, 1.82) is 0 Å². The maximum absolute atomic E-state index is 14.1.